The number of carboxylic acid groups (broad SMARTS) is 1. The average molecular weight is 735 g/mol. The van der Waals surface area contributed by atoms with Gasteiger partial charge in [-0.15, -0.1) is 0 Å². The molecule has 1 unspecified atom stereocenters. The fourth-order valence-electron chi connectivity index (χ4n) is 4.92. The number of hydrogen-bond acceptors (Lipinski definition) is 10. The van der Waals surface area contributed by atoms with E-state index < -0.39 is 22.0 Å². The summed E-state index contributed by atoms with van der Waals surface area (Å²) in [6.07, 6.45) is 2.09. The quantitative estimate of drug-likeness (QED) is 0.125. The number of fused-ring (bicyclic) bond motifs is 1. The predicted octanol–water partition coefficient (Wildman–Crippen LogP) is 0.811. The first-order valence-corrected chi connectivity index (χ1v) is 18.0. The van der Waals surface area contributed by atoms with E-state index >= 15 is 0 Å². The third kappa shape index (κ3) is 12.0. The van der Waals surface area contributed by atoms with Gasteiger partial charge in [0.25, 0.3) is 5.56 Å². The summed E-state index contributed by atoms with van der Waals surface area (Å²) in [5.41, 5.74) is 16.9. The Hall–Kier alpha value is -4.59. The number of aromatic nitrogens is 4. The van der Waals surface area contributed by atoms with Crippen LogP contribution < -0.4 is 27.5 Å². The number of piperazine rings is 1. The minimum absolute atomic E-state index is 0.0509. The lowest BCUT2D eigenvalue weighted by Gasteiger charge is -2.31. The van der Waals surface area contributed by atoms with Gasteiger partial charge in [0.05, 0.1) is 22.8 Å². The van der Waals surface area contributed by atoms with Crippen LogP contribution in [0.25, 0.3) is 22.4 Å². The number of benzene rings is 1. The van der Waals surface area contributed by atoms with Crippen molar-refractivity contribution in [3.05, 3.63) is 34.2 Å². The highest BCUT2D eigenvalue weighted by Crippen LogP contribution is 2.32. The number of H-pyrrole nitrogens is 1. The number of aliphatic imine (C=N–C) groups is 1. The van der Waals surface area contributed by atoms with Crippen LogP contribution in [0.2, 0.25) is 0 Å². The summed E-state index contributed by atoms with van der Waals surface area (Å²) in [4.78, 5) is 37.7. The lowest BCUT2D eigenvalue weighted by molar-refractivity contribution is -0.138. The summed E-state index contributed by atoms with van der Waals surface area (Å²) < 4.78 is 35.4. The van der Waals surface area contributed by atoms with Gasteiger partial charge in [-0.25, -0.2) is 13.4 Å². The van der Waals surface area contributed by atoms with Crippen LogP contribution in [-0.4, -0.2) is 125 Å². The molecular formula is C32H54N12O6S. The average Bonchev–Trinajstić information content (AvgIpc) is 3.36. The van der Waals surface area contributed by atoms with Gasteiger partial charge >= 0.3 is 5.97 Å². The minimum atomic E-state index is -3.70. The molecule has 1 saturated heterocycles. The molecule has 0 spiro atoms. The van der Waals surface area contributed by atoms with Gasteiger partial charge in [0.1, 0.15) is 23.1 Å². The number of aliphatic carboxylic acids is 1. The van der Waals surface area contributed by atoms with E-state index in [4.69, 9.17) is 37.4 Å². The zero-order valence-corrected chi connectivity index (χ0v) is 31.6. The molecule has 18 nitrogen and oxygen atoms in total. The van der Waals surface area contributed by atoms with Crippen LogP contribution in [-0.2, 0) is 28.3 Å². The Morgan fingerprint density at radius 2 is 1.78 bits per heavy atom. The van der Waals surface area contributed by atoms with E-state index in [-0.39, 0.29) is 28.2 Å². The third-order valence-corrected chi connectivity index (χ3v) is 9.45. The maximum absolute atomic E-state index is 13.3. The SMILES string of the molecule is CC(C)CC(N)C(=O)O.CCCc1nn(C)c2c(=O)[nH]c(-c3cc(S(=O)(=O)N4CCN(C)CC4)ccc3OCC)nc12.CN(C)C(=N)N=C(N)N. The van der Waals surface area contributed by atoms with E-state index in [2.05, 4.69) is 20.0 Å². The Labute approximate surface area is 299 Å². The van der Waals surface area contributed by atoms with Gasteiger partial charge in [0.2, 0.25) is 16.0 Å². The molecule has 9 N–H and O–H groups in total. The number of carbonyl (C=O) groups is 1. The van der Waals surface area contributed by atoms with Crippen molar-refractivity contribution >= 4 is 38.9 Å². The lowest BCUT2D eigenvalue weighted by Crippen LogP contribution is -2.47. The molecule has 51 heavy (non-hydrogen) atoms. The zero-order chi connectivity index (χ0) is 38.6. The maximum atomic E-state index is 13.3. The largest absolute Gasteiger partial charge is 0.493 e. The van der Waals surface area contributed by atoms with E-state index in [1.165, 1.54) is 13.9 Å². The number of nitrogens with one attached hydrogen (secondary N) is 2. The Morgan fingerprint density at radius 3 is 2.25 bits per heavy atom. The summed E-state index contributed by atoms with van der Waals surface area (Å²) in [5, 5.41) is 19.8. The van der Waals surface area contributed by atoms with Crippen LogP contribution in [0.15, 0.2) is 32.9 Å². The first kappa shape index (κ1) is 42.6. The molecule has 1 aliphatic rings. The van der Waals surface area contributed by atoms with Gasteiger partial charge in [0.15, 0.2) is 11.5 Å². The van der Waals surface area contributed by atoms with E-state index in [0.29, 0.717) is 73.9 Å². The van der Waals surface area contributed by atoms with Gasteiger partial charge in [-0.3, -0.25) is 19.7 Å². The molecule has 4 rings (SSSR count). The van der Waals surface area contributed by atoms with Crippen molar-refractivity contribution in [2.45, 2.75) is 57.9 Å². The second-order valence-electron chi connectivity index (χ2n) is 12.6. The Kier molecular flexibility index (Phi) is 16.0. The number of hydrogen-bond donors (Lipinski definition) is 6. The summed E-state index contributed by atoms with van der Waals surface area (Å²) in [5.74, 6) is 0.124. The van der Waals surface area contributed by atoms with Crippen LogP contribution in [0.1, 0.15) is 46.2 Å². The number of nitrogens with two attached hydrogens (primary N) is 3. The van der Waals surface area contributed by atoms with Crippen molar-refractivity contribution in [3.8, 4) is 17.1 Å². The molecule has 1 atom stereocenters. The van der Waals surface area contributed by atoms with Crippen molar-refractivity contribution in [1.29, 1.82) is 5.41 Å². The van der Waals surface area contributed by atoms with Crippen molar-refractivity contribution in [2.24, 2.45) is 35.2 Å². The topological polar surface area (TPSA) is 268 Å². The Bertz CT molecular complexity index is 1830. The zero-order valence-electron chi connectivity index (χ0n) is 30.8. The molecule has 1 aromatic carbocycles. The molecule has 3 aromatic rings. The van der Waals surface area contributed by atoms with Crippen molar-refractivity contribution in [2.75, 3.05) is 53.9 Å². The summed E-state index contributed by atoms with van der Waals surface area (Å²) in [6, 6.07) is 4.02. The van der Waals surface area contributed by atoms with Crippen molar-refractivity contribution < 1.29 is 23.1 Å². The van der Waals surface area contributed by atoms with E-state index in [0.717, 1.165) is 12.1 Å². The second kappa shape index (κ2) is 19.1. The molecule has 1 aliphatic heterocycles. The van der Waals surface area contributed by atoms with Crippen molar-refractivity contribution in [3.63, 3.8) is 0 Å². The third-order valence-electron chi connectivity index (χ3n) is 7.56. The molecule has 284 valence electrons. The normalized spacial score (nSPS) is 14.2. The highest BCUT2D eigenvalue weighted by molar-refractivity contribution is 7.89. The van der Waals surface area contributed by atoms with Crippen molar-refractivity contribution in [1.82, 2.24) is 33.9 Å². The monoisotopic (exact) mass is 734 g/mol. The number of ether oxygens (including phenoxy) is 1. The van der Waals surface area contributed by atoms with Gasteiger partial charge in [-0.05, 0) is 50.9 Å². The number of sulfonamides is 1. The molecule has 2 aromatic heterocycles. The molecule has 0 radical (unpaired) electrons. The van der Waals surface area contributed by atoms with Crippen LogP contribution in [0.4, 0.5) is 0 Å². The number of guanidine groups is 2. The summed E-state index contributed by atoms with van der Waals surface area (Å²) in [7, 11) is 3.37. The summed E-state index contributed by atoms with van der Waals surface area (Å²) in [6.45, 7) is 10.4. The molecule has 0 bridgehead atoms. The second-order valence-corrected chi connectivity index (χ2v) is 14.5. The fourth-order valence-corrected chi connectivity index (χ4v) is 6.37. The van der Waals surface area contributed by atoms with Gasteiger partial charge in [-0.2, -0.15) is 14.4 Å². The standard InChI is InChI=1S/C22H30N6O4S.C6H13NO2.C4H11N5/c1-5-7-17-19-20(27(4)25-17)22(29)24-21(23-19)16-14-15(8-9-18(16)32-6-2)33(30,31)28-12-10-26(3)11-13-28;1-4(2)3-5(7)6(8)9;1-9(2)4(7)8-3(5)6/h8-9,14H,5-7,10-13H2,1-4H3,(H,23,24,29);4-5H,3,7H2,1-2H3,(H,8,9);1-2H3,(H5,5,6,7,8). The smallest absolute Gasteiger partial charge is 0.320 e. The van der Waals surface area contributed by atoms with Crippen LogP contribution >= 0.6 is 0 Å². The number of nitrogens with zero attached hydrogens (tertiary/aromatic N) is 7. The van der Waals surface area contributed by atoms with E-state index in [1.54, 1.807) is 39.3 Å². The highest BCUT2D eigenvalue weighted by Gasteiger charge is 2.29. The number of aromatic amines is 1. The molecule has 3 heterocycles. The lowest BCUT2D eigenvalue weighted by atomic mass is 10.1. The van der Waals surface area contributed by atoms with Crippen LogP contribution in [0.3, 0.4) is 0 Å². The Balaban J connectivity index is 0.000000413. The van der Waals surface area contributed by atoms with E-state index in [9.17, 15) is 18.0 Å². The fraction of sp³-hybridized carbons (Fsp3) is 0.562. The number of rotatable bonds is 10. The maximum Gasteiger partial charge on any atom is 0.320 e. The van der Waals surface area contributed by atoms with E-state index in [1.807, 2.05) is 34.7 Å². The van der Waals surface area contributed by atoms with Crippen LogP contribution in [0.5, 0.6) is 5.75 Å². The summed E-state index contributed by atoms with van der Waals surface area (Å²) >= 11 is 0. The molecule has 0 amide bonds. The minimum Gasteiger partial charge on any atom is -0.493 e. The van der Waals surface area contributed by atoms with Gasteiger partial charge in [-0.1, -0.05) is 27.2 Å². The molecule has 0 saturated carbocycles. The number of aryl methyl sites for hydroxylation is 2. The first-order chi connectivity index (χ1) is 23.8. The first-order valence-electron chi connectivity index (χ1n) is 16.6. The predicted molar refractivity (Wildman–Crippen MR) is 198 cm³/mol. The molecular weight excluding hydrogens is 680 g/mol. The number of carboxylic acids is 1. The molecule has 0 aliphatic carbocycles. The molecule has 19 heteroatoms. The molecule has 1 fully saturated rings. The highest BCUT2D eigenvalue weighted by atomic mass is 32.2. The van der Waals surface area contributed by atoms with Gasteiger partial charge in [0, 0.05) is 47.3 Å². The Morgan fingerprint density at radius 1 is 1.16 bits per heavy atom. The van der Waals surface area contributed by atoms with Gasteiger partial charge < -0.3 is 41.8 Å². The number of likely N-dealkylation sites (N-methyl/N-ethyl adjacent to an activating group) is 1. The van der Waals surface area contributed by atoms with Crippen LogP contribution in [0, 0.1) is 11.3 Å².